The maximum atomic E-state index is 5.91. The Morgan fingerprint density at radius 1 is 1.07 bits per heavy atom. The second-order valence-corrected chi connectivity index (χ2v) is 5.24. The number of rotatable bonds is 4. The van der Waals surface area contributed by atoms with Crippen molar-refractivity contribution in [2.75, 3.05) is 0 Å². The van der Waals surface area contributed by atoms with Crippen LogP contribution in [0.1, 0.15) is 37.3 Å². The highest BCUT2D eigenvalue weighted by Gasteiger charge is 2.35. The van der Waals surface area contributed by atoms with E-state index in [2.05, 4.69) is 17.4 Å². The van der Waals surface area contributed by atoms with Crippen molar-refractivity contribution in [2.24, 2.45) is 5.92 Å². The summed E-state index contributed by atoms with van der Waals surface area (Å²) in [5, 5.41) is 4.58. The molecule has 0 amide bonds. The Morgan fingerprint density at radius 3 is 2.27 bits per heavy atom. The molecule has 2 fully saturated rings. The summed E-state index contributed by atoms with van der Waals surface area (Å²) in [6.45, 7) is 0. The van der Waals surface area contributed by atoms with Crippen LogP contribution < -0.4 is 5.32 Å². The summed E-state index contributed by atoms with van der Waals surface area (Å²) in [5.74, 6) is 0.867. The molecule has 1 N–H and O–H groups in total. The summed E-state index contributed by atoms with van der Waals surface area (Å²) in [7, 11) is 0. The molecule has 0 heterocycles. The topological polar surface area (TPSA) is 12.0 Å². The Kier molecular flexibility index (Phi) is 2.45. The molecule has 1 nitrogen and oxygen atoms in total. The molecule has 0 bridgehead atoms. The van der Waals surface area contributed by atoms with Gasteiger partial charge in [-0.2, -0.15) is 0 Å². The zero-order valence-electron chi connectivity index (χ0n) is 8.75. The van der Waals surface area contributed by atoms with Crippen LogP contribution in [-0.4, -0.2) is 6.04 Å². The lowest BCUT2D eigenvalue weighted by atomic mass is 10.0. The molecule has 2 aliphatic rings. The van der Waals surface area contributed by atoms with Gasteiger partial charge in [-0.05, 0) is 49.3 Å². The van der Waals surface area contributed by atoms with Crippen LogP contribution >= 0.6 is 11.6 Å². The van der Waals surface area contributed by atoms with E-state index in [0.717, 1.165) is 17.0 Å². The number of hydrogen-bond acceptors (Lipinski definition) is 1. The third-order valence-corrected chi connectivity index (χ3v) is 3.57. The molecule has 2 aliphatic carbocycles. The number of halogens is 1. The standard InChI is InChI=1S/C13H16ClN/c14-11-5-3-10(4-6-11)13(9-1-2-9)15-12-7-8-12/h3-6,9,12-13,15H,1-2,7-8H2. The van der Waals surface area contributed by atoms with Crippen molar-refractivity contribution in [2.45, 2.75) is 37.8 Å². The Morgan fingerprint density at radius 2 is 1.73 bits per heavy atom. The summed E-state index contributed by atoms with van der Waals surface area (Å²) in [5.41, 5.74) is 1.41. The zero-order valence-corrected chi connectivity index (χ0v) is 9.50. The minimum atomic E-state index is 0.578. The van der Waals surface area contributed by atoms with Gasteiger partial charge in [0.05, 0.1) is 0 Å². The summed E-state index contributed by atoms with van der Waals surface area (Å²) in [6, 6.07) is 9.70. The van der Waals surface area contributed by atoms with Gasteiger partial charge in [0.25, 0.3) is 0 Å². The summed E-state index contributed by atoms with van der Waals surface area (Å²) >= 11 is 5.91. The van der Waals surface area contributed by atoms with Crippen LogP contribution in [0.15, 0.2) is 24.3 Å². The predicted octanol–water partition coefficient (Wildman–Crippen LogP) is 3.54. The fourth-order valence-corrected chi connectivity index (χ4v) is 2.23. The van der Waals surface area contributed by atoms with Gasteiger partial charge >= 0.3 is 0 Å². The second kappa shape index (κ2) is 3.80. The van der Waals surface area contributed by atoms with E-state index in [4.69, 9.17) is 11.6 Å². The summed E-state index contributed by atoms with van der Waals surface area (Å²) in [6.07, 6.45) is 5.48. The van der Waals surface area contributed by atoms with E-state index in [9.17, 15) is 0 Å². The minimum absolute atomic E-state index is 0.578. The third-order valence-electron chi connectivity index (χ3n) is 3.32. The molecule has 15 heavy (non-hydrogen) atoms. The normalized spacial score (nSPS) is 22.7. The lowest BCUT2D eigenvalue weighted by Gasteiger charge is -2.18. The van der Waals surface area contributed by atoms with Gasteiger partial charge in [-0.25, -0.2) is 0 Å². The lowest BCUT2D eigenvalue weighted by Crippen LogP contribution is -2.24. The van der Waals surface area contributed by atoms with Gasteiger partial charge in [0.1, 0.15) is 0 Å². The van der Waals surface area contributed by atoms with E-state index in [0.29, 0.717) is 6.04 Å². The van der Waals surface area contributed by atoms with Crippen molar-refractivity contribution < 1.29 is 0 Å². The van der Waals surface area contributed by atoms with Crippen molar-refractivity contribution in [3.05, 3.63) is 34.9 Å². The van der Waals surface area contributed by atoms with Crippen LogP contribution in [0.2, 0.25) is 5.02 Å². The molecule has 0 spiro atoms. The van der Waals surface area contributed by atoms with Crippen molar-refractivity contribution in [1.29, 1.82) is 0 Å². The van der Waals surface area contributed by atoms with Crippen LogP contribution in [0, 0.1) is 5.92 Å². The van der Waals surface area contributed by atoms with E-state index in [1.54, 1.807) is 0 Å². The molecule has 1 unspecified atom stereocenters. The van der Waals surface area contributed by atoms with Crippen LogP contribution in [0.5, 0.6) is 0 Å². The van der Waals surface area contributed by atoms with E-state index in [1.807, 2.05) is 12.1 Å². The lowest BCUT2D eigenvalue weighted by molar-refractivity contribution is 0.478. The van der Waals surface area contributed by atoms with Crippen LogP contribution in [0.3, 0.4) is 0 Å². The molecular weight excluding hydrogens is 206 g/mol. The first-order chi connectivity index (χ1) is 7.33. The number of benzene rings is 1. The minimum Gasteiger partial charge on any atom is -0.307 e. The summed E-state index contributed by atoms with van der Waals surface area (Å²) in [4.78, 5) is 0. The molecule has 0 saturated heterocycles. The molecule has 0 aliphatic heterocycles. The first-order valence-electron chi connectivity index (χ1n) is 5.84. The molecule has 80 valence electrons. The first-order valence-corrected chi connectivity index (χ1v) is 6.22. The van der Waals surface area contributed by atoms with Gasteiger partial charge in [0, 0.05) is 17.1 Å². The quantitative estimate of drug-likeness (QED) is 0.820. The van der Waals surface area contributed by atoms with Crippen LogP contribution in [0.25, 0.3) is 0 Å². The molecule has 3 rings (SSSR count). The Labute approximate surface area is 95.8 Å². The fourth-order valence-electron chi connectivity index (χ4n) is 2.11. The average molecular weight is 222 g/mol. The van der Waals surface area contributed by atoms with Gasteiger partial charge in [-0.1, -0.05) is 23.7 Å². The monoisotopic (exact) mass is 221 g/mol. The van der Waals surface area contributed by atoms with Crippen molar-refractivity contribution in [3.8, 4) is 0 Å². The van der Waals surface area contributed by atoms with Gasteiger partial charge in [-0.15, -0.1) is 0 Å². The smallest absolute Gasteiger partial charge is 0.0406 e. The van der Waals surface area contributed by atoms with Crippen LogP contribution in [-0.2, 0) is 0 Å². The Bertz CT molecular complexity index is 338. The molecule has 0 aromatic heterocycles. The van der Waals surface area contributed by atoms with E-state index < -0.39 is 0 Å². The second-order valence-electron chi connectivity index (χ2n) is 4.81. The van der Waals surface area contributed by atoms with Gasteiger partial charge in [-0.3, -0.25) is 0 Å². The molecule has 2 heteroatoms. The van der Waals surface area contributed by atoms with E-state index >= 15 is 0 Å². The average Bonchev–Trinajstić information content (AvgIpc) is 3.10. The fraction of sp³-hybridized carbons (Fsp3) is 0.538. The molecule has 0 radical (unpaired) electrons. The van der Waals surface area contributed by atoms with Crippen molar-refractivity contribution in [1.82, 2.24) is 5.32 Å². The first kappa shape index (κ1) is 9.68. The molecule has 1 aromatic rings. The summed E-state index contributed by atoms with van der Waals surface area (Å²) < 4.78 is 0. The van der Waals surface area contributed by atoms with Gasteiger partial charge < -0.3 is 5.32 Å². The predicted molar refractivity (Wildman–Crippen MR) is 63.1 cm³/mol. The third kappa shape index (κ3) is 2.35. The van der Waals surface area contributed by atoms with Gasteiger partial charge in [0.15, 0.2) is 0 Å². The maximum Gasteiger partial charge on any atom is 0.0406 e. The zero-order chi connectivity index (χ0) is 10.3. The SMILES string of the molecule is Clc1ccc(C(NC2CC2)C2CC2)cc1. The molecule has 1 atom stereocenters. The highest BCUT2D eigenvalue weighted by Crippen LogP contribution is 2.42. The van der Waals surface area contributed by atoms with Crippen LogP contribution in [0.4, 0.5) is 0 Å². The van der Waals surface area contributed by atoms with Crippen molar-refractivity contribution in [3.63, 3.8) is 0 Å². The molecular formula is C13H16ClN. The highest BCUT2D eigenvalue weighted by atomic mass is 35.5. The largest absolute Gasteiger partial charge is 0.307 e. The maximum absolute atomic E-state index is 5.91. The van der Waals surface area contributed by atoms with Gasteiger partial charge in [0.2, 0.25) is 0 Å². The molecule has 1 aromatic carbocycles. The Balaban J connectivity index is 1.77. The number of nitrogens with one attached hydrogen (secondary N) is 1. The van der Waals surface area contributed by atoms with Crippen molar-refractivity contribution >= 4 is 11.6 Å². The molecule has 2 saturated carbocycles. The van der Waals surface area contributed by atoms with E-state index in [1.165, 1.54) is 31.2 Å². The highest BCUT2D eigenvalue weighted by molar-refractivity contribution is 6.30. The number of hydrogen-bond donors (Lipinski definition) is 1. The van der Waals surface area contributed by atoms with E-state index in [-0.39, 0.29) is 0 Å². The Hall–Kier alpha value is -0.530.